The Morgan fingerprint density at radius 1 is 0.446 bits per heavy atom. The molecule has 0 N–H and O–H groups in total. The van der Waals surface area contributed by atoms with E-state index in [-0.39, 0.29) is 0 Å². The molecule has 1 spiro atoms. The van der Waals surface area contributed by atoms with E-state index in [2.05, 4.69) is 168 Å². The van der Waals surface area contributed by atoms with Crippen LogP contribution in [0.2, 0.25) is 0 Å². The van der Waals surface area contributed by atoms with Crippen LogP contribution in [-0.2, 0) is 5.41 Å². The third-order valence-corrected chi connectivity index (χ3v) is 13.2. The van der Waals surface area contributed by atoms with Crippen molar-refractivity contribution in [2.75, 3.05) is 0 Å². The van der Waals surface area contributed by atoms with Crippen molar-refractivity contribution < 1.29 is 4.42 Å². The Kier molecular flexibility index (Phi) is 6.00. The van der Waals surface area contributed by atoms with Gasteiger partial charge >= 0.3 is 0 Å². The lowest BCUT2D eigenvalue weighted by molar-refractivity contribution is 0.670. The Morgan fingerprint density at radius 3 is 1.93 bits per heavy atom. The van der Waals surface area contributed by atoms with Gasteiger partial charge in [0.15, 0.2) is 0 Å². The van der Waals surface area contributed by atoms with Crippen molar-refractivity contribution >= 4 is 66.4 Å². The number of aromatic nitrogens is 3. The zero-order valence-electron chi connectivity index (χ0n) is 29.9. The SMILES string of the molecule is c1ccc2c(c1)Sc1ccccc1C21c2ccccc2-c2cc3c4ccccc4n(-c4nc(-c5cccc6c5oc5ccccc56)c5ccccc5n4)c3cc21. The van der Waals surface area contributed by atoms with Crippen LogP contribution >= 0.6 is 11.8 Å². The van der Waals surface area contributed by atoms with E-state index in [0.717, 1.165) is 55.1 Å². The van der Waals surface area contributed by atoms with Crippen molar-refractivity contribution in [3.05, 3.63) is 198 Å². The summed E-state index contributed by atoms with van der Waals surface area (Å²) in [6.45, 7) is 0. The summed E-state index contributed by atoms with van der Waals surface area (Å²) in [4.78, 5) is 13.5. The van der Waals surface area contributed by atoms with E-state index >= 15 is 0 Å². The van der Waals surface area contributed by atoms with Gasteiger partial charge in [0.2, 0.25) is 5.95 Å². The average molecular weight is 732 g/mol. The van der Waals surface area contributed by atoms with Crippen LogP contribution in [0.4, 0.5) is 0 Å². The van der Waals surface area contributed by atoms with Crippen LogP contribution in [0, 0.1) is 0 Å². The third-order valence-electron chi connectivity index (χ3n) is 12.1. The lowest BCUT2D eigenvalue weighted by Gasteiger charge is -2.39. The minimum Gasteiger partial charge on any atom is -0.455 e. The molecule has 0 bridgehead atoms. The highest BCUT2D eigenvalue weighted by Gasteiger charge is 2.50. The van der Waals surface area contributed by atoms with E-state index in [1.54, 1.807) is 0 Å². The van der Waals surface area contributed by atoms with Crippen LogP contribution in [0.15, 0.2) is 190 Å². The molecule has 1 aliphatic carbocycles. The van der Waals surface area contributed by atoms with Gasteiger partial charge in [-0.3, -0.25) is 4.57 Å². The average Bonchev–Trinajstić information content (AvgIpc) is 3.89. The Bertz CT molecular complexity index is 3440. The summed E-state index contributed by atoms with van der Waals surface area (Å²) >= 11 is 1.87. The van der Waals surface area contributed by atoms with Crippen LogP contribution in [0.5, 0.6) is 0 Å². The van der Waals surface area contributed by atoms with Crippen molar-refractivity contribution in [2.45, 2.75) is 15.2 Å². The number of hydrogen-bond acceptors (Lipinski definition) is 4. The van der Waals surface area contributed by atoms with Crippen LogP contribution < -0.4 is 0 Å². The number of para-hydroxylation sites is 4. The van der Waals surface area contributed by atoms with Gasteiger partial charge in [0.25, 0.3) is 0 Å². The number of benzene rings is 8. The van der Waals surface area contributed by atoms with Gasteiger partial charge in [-0.05, 0) is 81.9 Å². The van der Waals surface area contributed by atoms with E-state index in [1.807, 2.05) is 23.9 Å². The number of furan rings is 1. The summed E-state index contributed by atoms with van der Waals surface area (Å²) in [5, 5.41) is 5.49. The second kappa shape index (κ2) is 11.1. The van der Waals surface area contributed by atoms with E-state index < -0.39 is 5.41 Å². The lowest BCUT2D eigenvalue weighted by atomic mass is 9.67. The molecule has 0 fully saturated rings. The first-order valence-electron chi connectivity index (χ1n) is 19.0. The fraction of sp³-hybridized carbons (Fsp3) is 0.0196. The normalized spacial score (nSPS) is 13.8. The van der Waals surface area contributed by atoms with Crippen LogP contribution in [0.1, 0.15) is 22.3 Å². The summed E-state index contributed by atoms with van der Waals surface area (Å²) in [6, 6.07) is 63.5. The van der Waals surface area contributed by atoms with Gasteiger partial charge in [-0.2, -0.15) is 0 Å². The lowest BCUT2D eigenvalue weighted by Crippen LogP contribution is -2.31. The predicted octanol–water partition coefficient (Wildman–Crippen LogP) is 13.1. The maximum atomic E-state index is 6.59. The van der Waals surface area contributed by atoms with Gasteiger partial charge in [0, 0.05) is 42.3 Å². The topological polar surface area (TPSA) is 43.9 Å². The quantitative estimate of drug-likeness (QED) is 0.178. The summed E-state index contributed by atoms with van der Waals surface area (Å²) in [5.74, 6) is 0.627. The van der Waals surface area contributed by atoms with E-state index in [9.17, 15) is 0 Å². The molecular weight excluding hydrogens is 703 g/mol. The number of rotatable bonds is 2. The molecule has 0 saturated heterocycles. The maximum Gasteiger partial charge on any atom is 0.235 e. The van der Waals surface area contributed by atoms with Crippen molar-refractivity contribution in [1.82, 2.24) is 14.5 Å². The molecular formula is C51H29N3OS. The summed E-state index contributed by atoms with van der Waals surface area (Å²) in [6.07, 6.45) is 0. The fourth-order valence-electron chi connectivity index (χ4n) is 9.83. The maximum absolute atomic E-state index is 6.59. The van der Waals surface area contributed by atoms with Crippen molar-refractivity contribution in [3.63, 3.8) is 0 Å². The smallest absolute Gasteiger partial charge is 0.235 e. The van der Waals surface area contributed by atoms with Crippen molar-refractivity contribution in [3.8, 4) is 28.3 Å². The summed E-state index contributed by atoms with van der Waals surface area (Å²) in [5.41, 5.74) is 13.8. The Balaban J connectivity index is 1.15. The molecule has 0 atom stereocenters. The number of fused-ring (bicyclic) bond motifs is 16. The molecule has 260 valence electrons. The third kappa shape index (κ3) is 3.85. The molecule has 5 heteroatoms. The molecule has 0 amide bonds. The van der Waals surface area contributed by atoms with Crippen molar-refractivity contribution in [1.29, 1.82) is 0 Å². The molecule has 1 aliphatic heterocycles. The molecule has 0 radical (unpaired) electrons. The molecule has 11 aromatic rings. The Hall–Kier alpha value is -6.95. The molecule has 56 heavy (non-hydrogen) atoms. The second-order valence-corrected chi connectivity index (χ2v) is 15.9. The molecule has 4 nitrogen and oxygen atoms in total. The summed E-state index contributed by atoms with van der Waals surface area (Å²) < 4.78 is 8.87. The Morgan fingerprint density at radius 2 is 1.09 bits per heavy atom. The van der Waals surface area contributed by atoms with E-state index in [0.29, 0.717) is 5.95 Å². The standard InChI is InChI=1S/C51H29N3OS/c1-5-20-38-30(14-1)36-28-37-31-15-3-9-24-43(31)54(44(37)29-41(36)51(38)39-21-6-11-26-46(39)56-47-27-12-7-22-40(47)51)50-52-42-23-8-2-17-34(42)48(53-50)35-19-13-18-33-32-16-4-10-25-45(32)55-49(33)35/h1-29H. The van der Waals surface area contributed by atoms with E-state index in [1.165, 1.54) is 53.9 Å². The van der Waals surface area contributed by atoms with Gasteiger partial charge in [0.1, 0.15) is 11.2 Å². The fourth-order valence-corrected chi connectivity index (χ4v) is 11.0. The van der Waals surface area contributed by atoms with E-state index in [4.69, 9.17) is 14.4 Å². The zero-order valence-corrected chi connectivity index (χ0v) is 30.7. The highest BCUT2D eigenvalue weighted by atomic mass is 32.2. The summed E-state index contributed by atoms with van der Waals surface area (Å²) in [7, 11) is 0. The Labute approximate surface area is 325 Å². The zero-order chi connectivity index (χ0) is 36.5. The van der Waals surface area contributed by atoms with Gasteiger partial charge < -0.3 is 4.42 Å². The first kappa shape index (κ1) is 30.4. The highest BCUT2D eigenvalue weighted by Crippen LogP contribution is 2.62. The molecule has 3 aromatic heterocycles. The molecule has 8 aromatic carbocycles. The van der Waals surface area contributed by atoms with Gasteiger partial charge in [0.05, 0.1) is 27.7 Å². The molecule has 0 saturated carbocycles. The van der Waals surface area contributed by atoms with Crippen molar-refractivity contribution in [2.24, 2.45) is 0 Å². The highest BCUT2D eigenvalue weighted by molar-refractivity contribution is 7.99. The molecule has 4 heterocycles. The second-order valence-electron chi connectivity index (χ2n) is 14.8. The first-order valence-corrected chi connectivity index (χ1v) is 19.8. The predicted molar refractivity (Wildman–Crippen MR) is 228 cm³/mol. The molecule has 13 rings (SSSR count). The van der Waals surface area contributed by atoms with Gasteiger partial charge in [-0.1, -0.05) is 139 Å². The molecule has 0 unspecified atom stereocenters. The van der Waals surface area contributed by atoms with Crippen LogP contribution in [-0.4, -0.2) is 14.5 Å². The monoisotopic (exact) mass is 731 g/mol. The van der Waals surface area contributed by atoms with Crippen LogP contribution in [0.25, 0.3) is 83.0 Å². The largest absolute Gasteiger partial charge is 0.455 e. The number of nitrogens with zero attached hydrogens (tertiary/aromatic N) is 3. The minimum atomic E-state index is -0.494. The van der Waals surface area contributed by atoms with Gasteiger partial charge in [-0.15, -0.1) is 0 Å². The minimum absolute atomic E-state index is 0.494. The molecule has 2 aliphatic rings. The van der Waals surface area contributed by atoms with Crippen LogP contribution in [0.3, 0.4) is 0 Å². The number of hydrogen-bond donors (Lipinski definition) is 0. The first-order chi connectivity index (χ1) is 27.8. The van der Waals surface area contributed by atoms with Gasteiger partial charge in [-0.25, -0.2) is 9.97 Å².